The average Bonchev–Trinajstić information content (AvgIpc) is 2.75. The van der Waals surface area contributed by atoms with Gasteiger partial charge in [-0.3, -0.25) is 4.79 Å². The number of nitrogens with zero attached hydrogens (tertiary/aromatic N) is 1. The molecule has 0 saturated heterocycles. The largest absolute Gasteiger partial charge is 0.550 e. The fourth-order valence-electron chi connectivity index (χ4n) is 4.78. The number of carboxylic acid groups (broad SMARTS) is 1. The Balaban J connectivity index is 3.58. The van der Waals surface area contributed by atoms with Crippen LogP contribution in [0.3, 0.4) is 0 Å². The highest BCUT2D eigenvalue weighted by Gasteiger charge is 2.22. The number of carbonyl (C=O) groups excluding carboxylic acids is 2. The molecule has 0 bridgehead atoms. The molecule has 0 aliphatic rings. The summed E-state index contributed by atoms with van der Waals surface area (Å²) in [5.41, 5.74) is 0. The number of rotatable bonds is 25. The van der Waals surface area contributed by atoms with Crippen molar-refractivity contribution in [3.8, 4) is 0 Å². The second kappa shape index (κ2) is 22.1. The molecule has 0 radical (unpaired) electrons. The number of aliphatic carboxylic acids is 1. The number of hydrogen-bond donors (Lipinski definition) is 0. The molecule has 5 nitrogen and oxygen atoms in total. The molecule has 0 N–H and O–H groups in total. The van der Waals surface area contributed by atoms with Crippen molar-refractivity contribution in [3.63, 3.8) is 0 Å². The molecule has 0 aromatic heterocycles. The van der Waals surface area contributed by atoms with Gasteiger partial charge in [0.2, 0.25) is 0 Å². The lowest BCUT2D eigenvalue weighted by atomic mass is 9.95. The molecular weight excluding hydrogens is 438 g/mol. The summed E-state index contributed by atoms with van der Waals surface area (Å²) < 4.78 is 5.96. The number of hydrogen-bond acceptors (Lipinski definition) is 4. The Morgan fingerprint density at radius 1 is 0.714 bits per heavy atom. The van der Waals surface area contributed by atoms with Gasteiger partial charge in [-0.2, -0.15) is 0 Å². The second-order valence-corrected chi connectivity index (χ2v) is 11.9. The maximum absolute atomic E-state index is 12.1. The third-order valence-corrected chi connectivity index (χ3v) is 6.82. The fraction of sp³-hybridized carbons (Fsp3) is 0.933. The second-order valence-electron chi connectivity index (χ2n) is 11.9. The van der Waals surface area contributed by atoms with E-state index < -0.39 is 12.1 Å². The highest BCUT2D eigenvalue weighted by molar-refractivity contribution is 5.70. The number of likely N-dealkylation sites (N-methyl/N-ethyl adjacent to an activating group) is 1. The Bertz CT molecular complexity index is 515. The summed E-state index contributed by atoms with van der Waals surface area (Å²) in [6, 6.07) is 0. The van der Waals surface area contributed by atoms with Crippen molar-refractivity contribution in [2.45, 2.75) is 148 Å². The van der Waals surface area contributed by atoms with Crippen molar-refractivity contribution in [1.29, 1.82) is 0 Å². The van der Waals surface area contributed by atoms with Crippen LogP contribution in [0.4, 0.5) is 0 Å². The SMILES string of the molecule is CCCCCCCCCCCCC(C)CCCCCCCCC(=O)OC(CC(=O)[O-])C[N+](C)(C)C. The monoisotopic (exact) mass is 497 g/mol. The van der Waals surface area contributed by atoms with Crippen LogP contribution in [-0.2, 0) is 14.3 Å². The van der Waals surface area contributed by atoms with Gasteiger partial charge in [-0.05, 0) is 12.3 Å². The Morgan fingerprint density at radius 2 is 1.14 bits per heavy atom. The van der Waals surface area contributed by atoms with Gasteiger partial charge in [0, 0.05) is 18.8 Å². The third-order valence-electron chi connectivity index (χ3n) is 6.82. The van der Waals surface area contributed by atoms with Crippen LogP contribution in [0.25, 0.3) is 0 Å². The molecule has 0 aliphatic carbocycles. The van der Waals surface area contributed by atoms with Crippen molar-refractivity contribution in [1.82, 2.24) is 0 Å². The number of unbranched alkanes of at least 4 members (excludes halogenated alkanes) is 14. The number of quaternary nitrogens is 1. The van der Waals surface area contributed by atoms with Gasteiger partial charge in [0.25, 0.3) is 0 Å². The minimum Gasteiger partial charge on any atom is -0.550 e. The zero-order valence-electron chi connectivity index (χ0n) is 24.1. The lowest BCUT2D eigenvalue weighted by Gasteiger charge is -2.29. The van der Waals surface area contributed by atoms with Crippen LogP contribution in [0.15, 0.2) is 0 Å². The normalized spacial score (nSPS) is 13.5. The highest BCUT2D eigenvalue weighted by atomic mass is 16.5. The highest BCUT2D eigenvalue weighted by Crippen LogP contribution is 2.19. The lowest BCUT2D eigenvalue weighted by molar-refractivity contribution is -0.873. The van der Waals surface area contributed by atoms with E-state index in [4.69, 9.17) is 4.74 Å². The molecule has 0 spiro atoms. The minimum absolute atomic E-state index is 0.237. The maximum atomic E-state index is 12.1. The van der Waals surface area contributed by atoms with E-state index in [0.29, 0.717) is 17.4 Å². The van der Waals surface area contributed by atoms with Crippen molar-refractivity contribution in [2.75, 3.05) is 27.7 Å². The van der Waals surface area contributed by atoms with E-state index in [-0.39, 0.29) is 12.4 Å². The fourth-order valence-corrected chi connectivity index (χ4v) is 4.78. The van der Waals surface area contributed by atoms with Crippen molar-refractivity contribution in [3.05, 3.63) is 0 Å². The van der Waals surface area contributed by atoms with Gasteiger partial charge in [0.1, 0.15) is 6.54 Å². The molecule has 0 heterocycles. The first-order valence-electron chi connectivity index (χ1n) is 14.8. The van der Waals surface area contributed by atoms with Gasteiger partial charge in [-0.1, -0.05) is 123 Å². The van der Waals surface area contributed by atoms with Crippen molar-refractivity contribution in [2.24, 2.45) is 5.92 Å². The van der Waals surface area contributed by atoms with Crippen LogP contribution in [0.5, 0.6) is 0 Å². The van der Waals surface area contributed by atoms with Crippen LogP contribution >= 0.6 is 0 Å². The topological polar surface area (TPSA) is 66.4 Å². The summed E-state index contributed by atoms with van der Waals surface area (Å²) >= 11 is 0. The predicted octanol–water partition coefficient (Wildman–Crippen LogP) is 6.81. The van der Waals surface area contributed by atoms with Crippen molar-refractivity contribution >= 4 is 11.9 Å². The smallest absolute Gasteiger partial charge is 0.306 e. The van der Waals surface area contributed by atoms with Crippen LogP contribution < -0.4 is 5.11 Å². The predicted molar refractivity (Wildman–Crippen MR) is 145 cm³/mol. The van der Waals surface area contributed by atoms with Gasteiger partial charge in [0.05, 0.1) is 21.1 Å². The zero-order chi connectivity index (χ0) is 26.4. The molecule has 0 aromatic rings. The molecule has 0 amide bonds. The quantitative estimate of drug-likeness (QED) is 0.0789. The first kappa shape index (κ1) is 33.9. The number of ether oxygens (including phenoxy) is 1. The zero-order valence-corrected chi connectivity index (χ0v) is 24.1. The molecule has 2 atom stereocenters. The summed E-state index contributed by atoms with van der Waals surface area (Å²) in [7, 11) is 5.86. The number of esters is 1. The van der Waals surface area contributed by atoms with E-state index in [9.17, 15) is 14.7 Å². The molecule has 0 fully saturated rings. The van der Waals surface area contributed by atoms with E-state index in [1.165, 1.54) is 96.3 Å². The molecule has 5 heteroatoms. The molecule has 35 heavy (non-hydrogen) atoms. The van der Waals surface area contributed by atoms with Crippen molar-refractivity contribution < 1.29 is 23.9 Å². The van der Waals surface area contributed by atoms with E-state index in [2.05, 4.69) is 13.8 Å². The summed E-state index contributed by atoms with van der Waals surface area (Å²) in [6.07, 6.45) is 23.2. The Kier molecular flexibility index (Phi) is 21.4. The minimum atomic E-state index is -1.17. The van der Waals surface area contributed by atoms with E-state index in [1.807, 2.05) is 21.1 Å². The molecule has 0 saturated carbocycles. The third kappa shape index (κ3) is 25.8. The molecule has 0 aliphatic heterocycles. The van der Waals surface area contributed by atoms with Gasteiger partial charge >= 0.3 is 5.97 Å². The average molecular weight is 498 g/mol. The summed E-state index contributed by atoms with van der Waals surface area (Å²) in [5.74, 6) is -0.612. The molecule has 208 valence electrons. The lowest BCUT2D eigenvalue weighted by Crippen LogP contribution is -2.45. The first-order chi connectivity index (χ1) is 16.6. The summed E-state index contributed by atoms with van der Waals surface area (Å²) in [6.45, 7) is 5.16. The van der Waals surface area contributed by atoms with Gasteiger partial charge in [0.15, 0.2) is 6.10 Å². The number of carboxylic acids is 1. The van der Waals surface area contributed by atoms with Gasteiger partial charge < -0.3 is 19.1 Å². The van der Waals surface area contributed by atoms with Crippen LogP contribution in [0.1, 0.15) is 142 Å². The standard InChI is InChI=1S/C30H59NO4/c1-6-7-8-9-10-11-12-13-16-19-22-27(2)23-20-17-14-15-18-21-24-30(34)35-28(25-29(32)33)26-31(3,4)5/h27-28H,6-26H2,1-5H3. The van der Waals surface area contributed by atoms with Crippen LogP contribution in [0, 0.1) is 5.92 Å². The van der Waals surface area contributed by atoms with E-state index in [0.717, 1.165) is 25.2 Å². The van der Waals surface area contributed by atoms with E-state index >= 15 is 0 Å². The molecule has 0 rings (SSSR count). The maximum Gasteiger partial charge on any atom is 0.306 e. The van der Waals surface area contributed by atoms with Crippen LogP contribution in [-0.4, -0.2) is 50.2 Å². The Labute approximate surface area is 218 Å². The van der Waals surface area contributed by atoms with Crippen LogP contribution in [0.2, 0.25) is 0 Å². The van der Waals surface area contributed by atoms with Gasteiger partial charge in [-0.25, -0.2) is 0 Å². The first-order valence-corrected chi connectivity index (χ1v) is 14.8. The van der Waals surface area contributed by atoms with Gasteiger partial charge in [-0.15, -0.1) is 0 Å². The number of carbonyl (C=O) groups is 2. The molecule has 2 unspecified atom stereocenters. The Morgan fingerprint density at radius 3 is 1.57 bits per heavy atom. The molecular formula is C30H59NO4. The van der Waals surface area contributed by atoms with E-state index in [1.54, 1.807) is 0 Å². The Hall–Kier alpha value is -1.10. The summed E-state index contributed by atoms with van der Waals surface area (Å²) in [4.78, 5) is 23.0. The molecule has 0 aromatic carbocycles. The summed E-state index contributed by atoms with van der Waals surface area (Å²) in [5, 5.41) is 10.9.